The SMILES string of the molecule is N#Cc1ncccc1COc1ccccc1C=O. The van der Waals surface area contributed by atoms with Crippen LogP contribution in [0, 0.1) is 11.3 Å². The third-order valence-corrected chi connectivity index (χ3v) is 2.43. The van der Waals surface area contributed by atoms with E-state index in [0.29, 0.717) is 22.6 Å². The van der Waals surface area contributed by atoms with Crippen LogP contribution in [0.25, 0.3) is 0 Å². The number of carbonyl (C=O) groups excluding carboxylic acids is 1. The zero-order valence-corrected chi connectivity index (χ0v) is 9.54. The molecule has 0 atom stereocenters. The second kappa shape index (κ2) is 5.60. The van der Waals surface area contributed by atoms with E-state index in [1.54, 1.807) is 42.6 Å². The van der Waals surface area contributed by atoms with Gasteiger partial charge in [0.15, 0.2) is 6.29 Å². The van der Waals surface area contributed by atoms with Crippen LogP contribution < -0.4 is 4.74 Å². The van der Waals surface area contributed by atoms with Crippen molar-refractivity contribution < 1.29 is 9.53 Å². The van der Waals surface area contributed by atoms with Crippen molar-refractivity contribution >= 4 is 6.29 Å². The lowest BCUT2D eigenvalue weighted by Gasteiger charge is -2.08. The second-order valence-corrected chi connectivity index (χ2v) is 3.57. The summed E-state index contributed by atoms with van der Waals surface area (Å²) in [6, 6.07) is 12.5. The van der Waals surface area contributed by atoms with Gasteiger partial charge in [0.25, 0.3) is 0 Å². The van der Waals surface area contributed by atoms with Crippen LogP contribution in [0.1, 0.15) is 21.6 Å². The molecule has 0 saturated heterocycles. The minimum atomic E-state index is 0.210. The zero-order valence-electron chi connectivity index (χ0n) is 9.54. The molecule has 0 amide bonds. The summed E-state index contributed by atoms with van der Waals surface area (Å²) in [4.78, 5) is 14.8. The molecule has 0 aliphatic carbocycles. The molecule has 0 spiro atoms. The van der Waals surface area contributed by atoms with Gasteiger partial charge in [0.1, 0.15) is 24.1 Å². The first kappa shape index (κ1) is 11.8. The van der Waals surface area contributed by atoms with Crippen molar-refractivity contribution in [3.8, 4) is 11.8 Å². The first-order valence-corrected chi connectivity index (χ1v) is 5.36. The lowest BCUT2D eigenvalue weighted by Crippen LogP contribution is -2.01. The molecule has 1 aromatic heterocycles. The molecule has 1 aromatic carbocycles. The highest BCUT2D eigenvalue weighted by Gasteiger charge is 2.05. The number of hydrogen-bond acceptors (Lipinski definition) is 4. The van der Waals surface area contributed by atoms with E-state index in [2.05, 4.69) is 4.98 Å². The van der Waals surface area contributed by atoms with Crippen LogP contribution in [-0.4, -0.2) is 11.3 Å². The Labute approximate surface area is 104 Å². The maximum absolute atomic E-state index is 10.8. The van der Waals surface area contributed by atoms with Gasteiger partial charge in [-0.2, -0.15) is 5.26 Å². The van der Waals surface area contributed by atoms with Gasteiger partial charge in [-0.1, -0.05) is 18.2 Å². The quantitative estimate of drug-likeness (QED) is 0.767. The van der Waals surface area contributed by atoms with E-state index in [4.69, 9.17) is 10.00 Å². The van der Waals surface area contributed by atoms with E-state index in [9.17, 15) is 4.79 Å². The molecule has 0 aliphatic heterocycles. The van der Waals surface area contributed by atoms with Crippen LogP contribution in [0.15, 0.2) is 42.6 Å². The number of ether oxygens (including phenoxy) is 1. The first-order valence-electron chi connectivity index (χ1n) is 5.36. The summed E-state index contributed by atoms with van der Waals surface area (Å²) < 4.78 is 5.53. The number of pyridine rings is 1. The molecular weight excluding hydrogens is 228 g/mol. The highest BCUT2D eigenvalue weighted by molar-refractivity contribution is 5.79. The van der Waals surface area contributed by atoms with Crippen LogP contribution in [-0.2, 0) is 6.61 Å². The molecule has 0 bridgehead atoms. The molecule has 0 N–H and O–H groups in total. The number of aldehydes is 1. The van der Waals surface area contributed by atoms with Gasteiger partial charge in [-0.25, -0.2) is 4.98 Å². The van der Waals surface area contributed by atoms with Crippen molar-refractivity contribution in [2.24, 2.45) is 0 Å². The molecule has 0 saturated carbocycles. The molecule has 4 nitrogen and oxygen atoms in total. The predicted molar refractivity (Wildman–Crippen MR) is 65.1 cm³/mol. The molecule has 0 unspecified atom stereocenters. The van der Waals surface area contributed by atoms with Crippen LogP contribution in [0.5, 0.6) is 5.75 Å². The Bertz CT molecular complexity index is 603. The third-order valence-electron chi connectivity index (χ3n) is 2.43. The Morgan fingerprint density at radius 1 is 1.28 bits per heavy atom. The first-order chi connectivity index (χ1) is 8.85. The van der Waals surface area contributed by atoms with Crippen LogP contribution in [0.4, 0.5) is 0 Å². The van der Waals surface area contributed by atoms with Gasteiger partial charge >= 0.3 is 0 Å². The summed E-state index contributed by atoms with van der Waals surface area (Å²) in [6.45, 7) is 0.210. The van der Waals surface area contributed by atoms with Crippen molar-refractivity contribution in [1.29, 1.82) is 5.26 Å². The topological polar surface area (TPSA) is 63.0 Å². The minimum absolute atomic E-state index is 0.210. The van der Waals surface area contributed by atoms with Gasteiger partial charge in [-0.05, 0) is 18.2 Å². The second-order valence-electron chi connectivity index (χ2n) is 3.57. The third kappa shape index (κ3) is 2.53. The summed E-state index contributed by atoms with van der Waals surface area (Å²) in [5.41, 5.74) is 1.52. The number of para-hydroxylation sites is 1. The normalized spacial score (nSPS) is 9.50. The summed E-state index contributed by atoms with van der Waals surface area (Å²) in [5, 5.41) is 8.89. The Kier molecular flexibility index (Phi) is 3.67. The van der Waals surface area contributed by atoms with Crippen molar-refractivity contribution in [1.82, 2.24) is 4.98 Å². The molecule has 18 heavy (non-hydrogen) atoms. The summed E-state index contributed by atoms with van der Waals surface area (Å²) in [7, 11) is 0. The largest absolute Gasteiger partial charge is 0.488 e. The van der Waals surface area contributed by atoms with Crippen molar-refractivity contribution in [2.45, 2.75) is 6.61 Å². The lowest BCUT2D eigenvalue weighted by atomic mass is 10.2. The summed E-state index contributed by atoms with van der Waals surface area (Å²) in [6.07, 6.45) is 2.30. The molecule has 1 heterocycles. The molecule has 0 fully saturated rings. The number of benzene rings is 1. The molecule has 88 valence electrons. The number of hydrogen-bond donors (Lipinski definition) is 0. The van der Waals surface area contributed by atoms with Crippen molar-refractivity contribution in [3.63, 3.8) is 0 Å². The molecule has 0 aliphatic rings. The monoisotopic (exact) mass is 238 g/mol. The van der Waals surface area contributed by atoms with Gasteiger partial charge in [0.2, 0.25) is 0 Å². The fourth-order valence-electron chi connectivity index (χ4n) is 1.52. The van der Waals surface area contributed by atoms with Crippen LogP contribution >= 0.6 is 0 Å². The summed E-state index contributed by atoms with van der Waals surface area (Å²) >= 11 is 0. The van der Waals surface area contributed by atoms with Gasteiger partial charge in [0.05, 0.1) is 5.56 Å². The average Bonchev–Trinajstić information content (AvgIpc) is 2.45. The molecule has 0 radical (unpaired) electrons. The fraction of sp³-hybridized carbons (Fsp3) is 0.0714. The Morgan fingerprint density at radius 3 is 2.89 bits per heavy atom. The fourth-order valence-corrected chi connectivity index (χ4v) is 1.52. The van der Waals surface area contributed by atoms with Crippen LogP contribution in [0.3, 0.4) is 0 Å². The number of carbonyl (C=O) groups is 1. The zero-order chi connectivity index (χ0) is 12.8. The summed E-state index contributed by atoms with van der Waals surface area (Å²) in [5.74, 6) is 0.500. The lowest BCUT2D eigenvalue weighted by molar-refractivity contribution is 0.111. The van der Waals surface area contributed by atoms with E-state index < -0.39 is 0 Å². The van der Waals surface area contributed by atoms with Crippen LogP contribution in [0.2, 0.25) is 0 Å². The van der Waals surface area contributed by atoms with Gasteiger partial charge in [-0.3, -0.25) is 4.79 Å². The molecule has 2 aromatic rings. The maximum atomic E-state index is 10.8. The molecular formula is C14H10N2O2. The van der Waals surface area contributed by atoms with Crippen molar-refractivity contribution in [3.05, 3.63) is 59.4 Å². The average molecular weight is 238 g/mol. The number of rotatable bonds is 4. The van der Waals surface area contributed by atoms with E-state index in [1.807, 2.05) is 6.07 Å². The smallest absolute Gasteiger partial charge is 0.153 e. The Hall–Kier alpha value is -2.67. The van der Waals surface area contributed by atoms with Gasteiger partial charge < -0.3 is 4.74 Å². The van der Waals surface area contributed by atoms with E-state index in [1.165, 1.54) is 0 Å². The van der Waals surface area contributed by atoms with E-state index >= 15 is 0 Å². The highest BCUT2D eigenvalue weighted by atomic mass is 16.5. The highest BCUT2D eigenvalue weighted by Crippen LogP contribution is 2.17. The van der Waals surface area contributed by atoms with E-state index in [0.717, 1.165) is 6.29 Å². The standard InChI is InChI=1S/C14H10N2O2/c15-8-13-12(5-3-7-16-13)10-18-14-6-2-1-4-11(14)9-17/h1-7,9H,10H2. The number of aromatic nitrogens is 1. The minimum Gasteiger partial charge on any atom is -0.488 e. The van der Waals surface area contributed by atoms with E-state index in [-0.39, 0.29) is 6.61 Å². The van der Waals surface area contributed by atoms with Gasteiger partial charge in [-0.15, -0.1) is 0 Å². The molecule has 4 heteroatoms. The number of nitriles is 1. The predicted octanol–water partition coefficient (Wildman–Crippen LogP) is 2.34. The Balaban J connectivity index is 2.17. The molecule has 2 rings (SSSR count). The van der Waals surface area contributed by atoms with Gasteiger partial charge in [0, 0.05) is 11.8 Å². The number of nitrogens with zero attached hydrogens (tertiary/aromatic N) is 2. The van der Waals surface area contributed by atoms with Crippen molar-refractivity contribution in [2.75, 3.05) is 0 Å². The Morgan fingerprint density at radius 2 is 2.11 bits per heavy atom. The maximum Gasteiger partial charge on any atom is 0.153 e.